The normalized spacial score (nSPS) is 18.7. The van der Waals surface area contributed by atoms with Crippen molar-refractivity contribution < 1.29 is 12.8 Å². The van der Waals surface area contributed by atoms with E-state index in [1.165, 1.54) is 33.9 Å². The Morgan fingerprint density at radius 3 is 2.56 bits per heavy atom. The van der Waals surface area contributed by atoms with Gasteiger partial charge in [0.05, 0.1) is 5.69 Å². The number of nitrogens with two attached hydrogens (primary N) is 1. The summed E-state index contributed by atoms with van der Waals surface area (Å²) in [5.74, 6) is -0.470. The molecule has 0 bridgehead atoms. The second-order valence-electron chi connectivity index (χ2n) is 3.88. The van der Waals surface area contributed by atoms with Gasteiger partial charge in [0.25, 0.3) is 0 Å². The third-order valence-corrected chi connectivity index (χ3v) is 4.73. The predicted octanol–water partition coefficient (Wildman–Crippen LogP) is 0.703. The largest absolute Gasteiger partial charge is 0.326 e. The van der Waals surface area contributed by atoms with Gasteiger partial charge in [-0.2, -0.15) is 12.7 Å². The fourth-order valence-corrected chi connectivity index (χ4v) is 3.20. The van der Waals surface area contributed by atoms with Crippen molar-refractivity contribution in [2.24, 2.45) is 5.73 Å². The summed E-state index contributed by atoms with van der Waals surface area (Å²) in [6.07, 6.45) is 0. The minimum absolute atomic E-state index is 0. The maximum Gasteiger partial charge on any atom is 0.303 e. The third kappa shape index (κ3) is 2.44. The molecule has 102 valence electrons. The van der Waals surface area contributed by atoms with Crippen LogP contribution in [-0.2, 0) is 16.8 Å². The van der Waals surface area contributed by atoms with E-state index in [1.54, 1.807) is 0 Å². The first-order chi connectivity index (χ1) is 7.96. The zero-order chi connectivity index (χ0) is 12.6. The van der Waals surface area contributed by atoms with Gasteiger partial charge in [0.15, 0.2) is 0 Å². The molecule has 0 aliphatic carbocycles. The highest BCUT2D eigenvalue weighted by Crippen LogP contribution is 2.28. The lowest BCUT2D eigenvalue weighted by molar-refractivity contribution is 0.511. The Kier molecular flexibility index (Phi) is 4.55. The van der Waals surface area contributed by atoms with Gasteiger partial charge in [0.1, 0.15) is 5.82 Å². The molecule has 1 aromatic carbocycles. The molecule has 2 N–H and O–H groups in total. The van der Waals surface area contributed by atoms with E-state index < -0.39 is 16.0 Å². The molecule has 0 amide bonds. The lowest BCUT2D eigenvalue weighted by atomic mass is 10.1. The van der Waals surface area contributed by atoms with Crippen LogP contribution in [0.5, 0.6) is 0 Å². The van der Waals surface area contributed by atoms with Crippen molar-refractivity contribution in [2.75, 3.05) is 24.4 Å². The van der Waals surface area contributed by atoms with Crippen LogP contribution in [0.1, 0.15) is 5.56 Å². The van der Waals surface area contributed by atoms with Crippen LogP contribution in [0.3, 0.4) is 0 Å². The van der Waals surface area contributed by atoms with E-state index >= 15 is 0 Å². The summed E-state index contributed by atoms with van der Waals surface area (Å²) in [5, 5.41) is 0. The molecule has 0 atom stereocenters. The van der Waals surface area contributed by atoms with E-state index in [1.807, 2.05) is 0 Å². The van der Waals surface area contributed by atoms with E-state index in [2.05, 4.69) is 0 Å². The zero-order valence-electron chi connectivity index (χ0n) is 9.84. The molecule has 1 heterocycles. The Morgan fingerprint density at radius 2 is 2.06 bits per heavy atom. The van der Waals surface area contributed by atoms with Gasteiger partial charge in [-0.1, -0.05) is 6.07 Å². The van der Waals surface area contributed by atoms with Gasteiger partial charge in [0, 0.05) is 26.7 Å². The number of rotatable bonds is 2. The predicted molar refractivity (Wildman–Crippen MR) is 70.4 cm³/mol. The molecule has 0 saturated carbocycles. The zero-order valence-corrected chi connectivity index (χ0v) is 11.5. The number of hydrogen-bond donors (Lipinski definition) is 1. The van der Waals surface area contributed by atoms with Crippen LogP contribution in [0.15, 0.2) is 18.2 Å². The van der Waals surface area contributed by atoms with Crippen molar-refractivity contribution >= 4 is 28.3 Å². The van der Waals surface area contributed by atoms with Gasteiger partial charge in [0.2, 0.25) is 0 Å². The average molecular weight is 296 g/mol. The summed E-state index contributed by atoms with van der Waals surface area (Å²) in [5.41, 5.74) is 6.48. The quantitative estimate of drug-likeness (QED) is 0.873. The summed E-state index contributed by atoms with van der Waals surface area (Å²) in [6.45, 7) is 0.878. The Hall–Kier alpha value is -0.890. The third-order valence-electron chi connectivity index (χ3n) is 2.83. The van der Waals surface area contributed by atoms with E-state index in [9.17, 15) is 12.8 Å². The van der Waals surface area contributed by atoms with Crippen LogP contribution < -0.4 is 10.0 Å². The number of benzene rings is 1. The number of halogens is 2. The molecule has 1 aliphatic rings. The first kappa shape index (κ1) is 15.2. The van der Waals surface area contributed by atoms with Gasteiger partial charge in [-0.3, -0.25) is 4.31 Å². The Labute approximate surface area is 112 Å². The lowest BCUT2D eigenvalue weighted by Crippen LogP contribution is -2.31. The number of nitrogens with zero attached hydrogens (tertiary/aromatic N) is 2. The SMILES string of the molecule is CN1CCN(c2cc(F)ccc2CN)S1(=O)=O.Cl. The maximum atomic E-state index is 13.2. The highest BCUT2D eigenvalue weighted by atomic mass is 35.5. The van der Waals surface area contributed by atoms with Crippen molar-refractivity contribution in [3.05, 3.63) is 29.6 Å². The summed E-state index contributed by atoms with van der Waals surface area (Å²) in [6, 6.07) is 4.00. The van der Waals surface area contributed by atoms with Gasteiger partial charge < -0.3 is 5.73 Å². The molecule has 18 heavy (non-hydrogen) atoms. The number of likely N-dealkylation sites (N-methyl/N-ethyl adjacent to an activating group) is 1. The molecular weight excluding hydrogens is 281 g/mol. The molecule has 8 heteroatoms. The average Bonchev–Trinajstić information content (AvgIpc) is 2.54. The smallest absolute Gasteiger partial charge is 0.303 e. The lowest BCUT2D eigenvalue weighted by Gasteiger charge is -2.20. The monoisotopic (exact) mass is 295 g/mol. The number of hydrogen-bond acceptors (Lipinski definition) is 3. The second-order valence-corrected chi connectivity index (χ2v) is 5.84. The topological polar surface area (TPSA) is 66.6 Å². The van der Waals surface area contributed by atoms with Gasteiger partial charge in [-0.15, -0.1) is 12.4 Å². The van der Waals surface area contributed by atoms with Crippen molar-refractivity contribution in [1.29, 1.82) is 0 Å². The summed E-state index contributed by atoms with van der Waals surface area (Å²) in [7, 11) is -2.03. The Balaban J connectivity index is 0.00000162. The number of anilines is 1. The molecule has 0 radical (unpaired) electrons. The minimum Gasteiger partial charge on any atom is -0.326 e. The molecule has 5 nitrogen and oxygen atoms in total. The molecule has 1 aromatic rings. The first-order valence-electron chi connectivity index (χ1n) is 5.19. The van der Waals surface area contributed by atoms with Crippen LogP contribution in [0, 0.1) is 5.82 Å². The second kappa shape index (κ2) is 5.40. The molecule has 0 unspecified atom stereocenters. The van der Waals surface area contributed by atoms with Crippen molar-refractivity contribution in [3.8, 4) is 0 Å². The van der Waals surface area contributed by atoms with Crippen LogP contribution in [0.25, 0.3) is 0 Å². The van der Waals surface area contributed by atoms with Crippen molar-refractivity contribution in [3.63, 3.8) is 0 Å². The van der Waals surface area contributed by atoms with Crippen LogP contribution in [-0.4, -0.2) is 32.9 Å². The van der Waals surface area contributed by atoms with Gasteiger partial charge >= 0.3 is 10.2 Å². The maximum absolute atomic E-state index is 13.2. The van der Waals surface area contributed by atoms with Crippen LogP contribution in [0.4, 0.5) is 10.1 Å². The van der Waals surface area contributed by atoms with E-state index in [-0.39, 0.29) is 19.0 Å². The van der Waals surface area contributed by atoms with Crippen LogP contribution in [0.2, 0.25) is 0 Å². The molecule has 1 fully saturated rings. The first-order valence-corrected chi connectivity index (χ1v) is 6.59. The Bertz CT molecular complexity index is 538. The van der Waals surface area contributed by atoms with Gasteiger partial charge in [-0.05, 0) is 17.7 Å². The highest BCUT2D eigenvalue weighted by molar-refractivity contribution is 7.90. The van der Waals surface area contributed by atoms with Gasteiger partial charge in [-0.25, -0.2) is 4.39 Å². The fraction of sp³-hybridized carbons (Fsp3) is 0.400. The summed E-state index contributed by atoms with van der Waals surface area (Å²) >= 11 is 0. The van der Waals surface area contributed by atoms with Crippen LogP contribution >= 0.6 is 12.4 Å². The summed E-state index contributed by atoms with van der Waals surface area (Å²) in [4.78, 5) is 0. The molecular formula is C10H15ClFN3O2S. The molecule has 0 aromatic heterocycles. The van der Waals surface area contributed by atoms with E-state index in [0.29, 0.717) is 24.3 Å². The summed E-state index contributed by atoms with van der Waals surface area (Å²) < 4.78 is 39.6. The van der Waals surface area contributed by atoms with E-state index in [0.717, 1.165) is 0 Å². The van der Waals surface area contributed by atoms with Crippen molar-refractivity contribution in [1.82, 2.24) is 4.31 Å². The standard InChI is InChI=1S/C10H14FN3O2S.ClH/c1-13-4-5-14(17(13,15)16)10-6-9(11)3-2-8(10)7-12;/h2-3,6H,4-5,7,12H2,1H3;1H. The highest BCUT2D eigenvalue weighted by Gasteiger charge is 2.34. The fourth-order valence-electron chi connectivity index (χ4n) is 1.82. The molecule has 0 spiro atoms. The molecule has 1 saturated heterocycles. The minimum atomic E-state index is -3.52. The Morgan fingerprint density at radius 1 is 1.39 bits per heavy atom. The molecule has 2 rings (SSSR count). The van der Waals surface area contributed by atoms with Crippen molar-refractivity contribution in [2.45, 2.75) is 6.54 Å². The van der Waals surface area contributed by atoms with E-state index in [4.69, 9.17) is 5.73 Å². The molecule has 1 aliphatic heterocycles.